The van der Waals surface area contributed by atoms with Crippen molar-refractivity contribution in [3.05, 3.63) is 47.8 Å². The maximum atomic E-state index is 13.6. The summed E-state index contributed by atoms with van der Waals surface area (Å²) in [5, 5.41) is 9.16. The summed E-state index contributed by atoms with van der Waals surface area (Å²) < 4.78 is 47.0. The molecule has 0 unspecified atom stereocenters. The molecule has 0 bridgehead atoms. The monoisotopic (exact) mass is 529 g/mol. The molecule has 0 atom stereocenters. The van der Waals surface area contributed by atoms with Crippen LogP contribution in [0, 0.1) is 11.3 Å². The van der Waals surface area contributed by atoms with Crippen LogP contribution in [0.25, 0.3) is 0 Å². The minimum absolute atomic E-state index is 0.0836. The highest BCUT2D eigenvalue weighted by atomic mass is 32.1. The second-order valence-corrected chi connectivity index (χ2v) is 10.6. The van der Waals surface area contributed by atoms with Crippen molar-refractivity contribution >= 4 is 34.6 Å². The summed E-state index contributed by atoms with van der Waals surface area (Å²) in [4.78, 5) is 22.4. The Morgan fingerprint density at radius 3 is 2.30 bits per heavy atom. The number of thiocarbonyl (C=S) groups is 1. The molecule has 3 aliphatic rings. The van der Waals surface area contributed by atoms with Gasteiger partial charge < -0.3 is 14.5 Å². The zero-order valence-corrected chi connectivity index (χ0v) is 21.3. The van der Waals surface area contributed by atoms with E-state index in [0.717, 1.165) is 49.5 Å². The summed E-state index contributed by atoms with van der Waals surface area (Å²) in [7, 11) is 2.09. The molecule has 11 heteroatoms. The van der Waals surface area contributed by atoms with Gasteiger partial charge in [0.2, 0.25) is 0 Å². The molecule has 1 amide bonds. The maximum Gasteiger partial charge on any atom is 0.419 e. The number of hydrogen-bond acceptors (Lipinski definition) is 6. The van der Waals surface area contributed by atoms with Gasteiger partial charge in [-0.15, -0.1) is 0 Å². The lowest BCUT2D eigenvalue weighted by molar-refractivity contribution is -0.138. The molecule has 0 N–H and O–H groups in total. The summed E-state index contributed by atoms with van der Waals surface area (Å²) in [6.07, 6.45) is -0.0326. The minimum atomic E-state index is -4.80. The number of pyridine rings is 1. The number of carbonyl (C=O) groups excluding carboxylic acids is 1. The van der Waals surface area contributed by atoms with Crippen LogP contribution in [0.1, 0.15) is 50.3 Å². The minimum Gasteiger partial charge on any atom is -0.487 e. The van der Waals surface area contributed by atoms with E-state index in [1.807, 2.05) is 24.3 Å². The Kier molecular flexibility index (Phi) is 6.15. The fraction of sp³-hybridized carbons (Fsp3) is 0.462. The molecular formula is C26H26F3N5O2S. The largest absolute Gasteiger partial charge is 0.487 e. The normalized spacial score (nSPS) is 21.2. The molecule has 37 heavy (non-hydrogen) atoms. The number of carbonyl (C=O) groups is 1. The Labute approximate surface area is 218 Å². The van der Waals surface area contributed by atoms with E-state index in [1.165, 1.54) is 6.07 Å². The van der Waals surface area contributed by atoms with Crippen LogP contribution in [-0.2, 0) is 11.0 Å². The molecule has 3 fully saturated rings. The summed E-state index contributed by atoms with van der Waals surface area (Å²) in [5.41, 5.74) is -2.61. The van der Waals surface area contributed by atoms with E-state index < -0.39 is 23.0 Å². The number of aromatic nitrogens is 1. The summed E-state index contributed by atoms with van der Waals surface area (Å²) in [5.74, 6) is 0.320. The van der Waals surface area contributed by atoms with Gasteiger partial charge in [0.1, 0.15) is 23.0 Å². The number of amides is 1. The van der Waals surface area contributed by atoms with Crippen LogP contribution in [0.4, 0.5) is 24.5 Å². The molecule has 1 spiro atoms. The molecule has 0 radical (unpaired) electrons. The first kappa shape index (κ1) is 25.4. The van der Waals surface area contributed by atoms with Crippen molar-refractivity contribution in [2.24, 2.45) is 0 Å². The van der Waals surface area contributed by atoms with Gasteiger partial charge in [-0.25, -0.2) is 4.98 Å². The highest BCUT2D eigenvalue weighted by molar-refractivity contribution is 7.81. The summed E-state index contributed by atoms with van der Waals surface area (Å²) in [6.45, 7) is 4.01. The third kappa shape index (κ3) is 4.32. The number of alkyl halides is 3. The molecule has 1 aromatic carbocycles. The number of nitrogens with zero attached hydrogens (tertiary/aromatic N) is 5. The Hall–Kier alpha value is -3.23. The number of rotatable bonds is 4. The molecular weight excluding hydrogens is 503 g/mol. The highest BCUT2D eigenvalue weighted by Crippen LogP contribution is 2.48. The predicted molar refractivity (Wildman–Crippen MR) is 135 cm³/mol. The van der Waals surface area contributed by atoms with Crippen molar-refractivity contribution in [3.8, 4) is 11.8 Å². The quantitative estimate of drug-likeness (QED) is 0.522. The lowest BCUT2D eigenvalue weighted by atomic mass is 9.75. The maximum absolute atomic E-state index is 13.6. The Morgan fingerprint density at radius 1 is 1.11 bits per heavy atom. The summed E-state index contributed by atoms with van der Waals surface area (Å²) in [6, 6.07) is 9.57. The lowest BCUT2D eigenvalue weighted by Gasteiger charge is -2.43. The van der Waals surface area contributed by atoms with Gasteiger partial charge in [-0.05, 0) is 88.6 Å². The number of nitriles is 1. The Balaban J connectivity index is 1.44. The molecule has 1 aliphatic carbocycles. The van der Waals surface area contributed by atoms with Gasteiger partial charge in [0.15, 0.2) is 10.8 Å². The average molecular weight is 530 g/mol. The fourth-order valence-electron chi connectivity index (χ4n) is 5.23. The highest BCUT2D eigenvalue weighted by Gasteiger charge is 2.59. The van der Waals surface area contributed by atoms with Crippen LogP contribution in [0.2, 0.25) is 0 Å². The number of ether oxygens (including phenoxy) is 1. The topological polar surface area (TPSA) is 72.7 Å². The third-order valence-corrected chi connectivity index (χ3v) is 8.00. The first-order valence-electron chi connectivity index (χ1n) is 12.1. The SMILES string of the molecule is CN1CCC(C)(Oc2ccc(N3C(=S)N(c4cnc(C#N)c(C(F)(F)F)c4)C(=O)C34CCC4)cc2)CC1. The zero-order valence-electron chi connectivity index (χ0n) is 20.5. The van der Waals surface area contributed by atoms with Crippen molar-refractivity contribution in [3.63, 3.8) is 0 Å². The number of likely N-dealkylation sites (tertiary alicyclic amines) is 1. The van der Waals surface area contributed by atoms with E-state index in [1.54, 1.807) is 4.90 Å². The van der Waals surface area contributed by atoms with Gasteiger partial charge in [-0.1, -0.05) is 0 Å². The van der Waals surface area contributed by atoms with Crippen molar-refractivity contribution in [2.45, 2.75) is 56.3 Å². The van der Waals surface area contributed by atoms with Crippen molar-refractivity contribution in [2.75, 3.05) is 29.9 Å². The van der Waals surface area contributed by atoms with Gasteiger partial charge in [-0.2, -0.15) is 18.4 Å². The standard InChI is InChI=1S/C26H26F3N5O2S/c1-24(10-12-32(2)13-11-24)36-19-6-4-17(5-7-19)34-23(37)33(22(35)25(34)8-3-9-25)18-14-20(26(27,28)29)21(15-30)31-16-18/h4-7,14,16H,3,8-13H2,1-2H3. The molecule has 1 aromatic heterocycles. The van der Waals surface area contributed by atoms with Gasteiger partial charge in [0.05, 0.1) is 17.4 Å². The molecule has 2 saturated heterocycles. The smallest absolute Gasteiger partial charge is 0.419 e. The van der Waals surface area contributed by atoms with Crippen molar-refractivity contribution in [1.29, 1.82) is 5.26 Å². The van der Waals surface area contributed by atoms with Crippen LogP contribution < -0.4 is 14.5 Å². The van der Waals surface area contributed by atoms with Crippen LogP contribution >= 0.6 is 12.2 Å². The van der Waals surface area contributed by atoms with Gasteiger partial charge in [0, 0.05) is 18.8 Å². The zero-order chi connectivity index (χ0) is 26.6. The van der Waals surface area contributed by atoms with Crippen LogP contribution in [0.5, 0.6) is 5.75 Å². The summed E-state index contributed by atoms with van der Waals surface area (Å²) >= 11 is 5.66. The van der Waals surface area contributed by atoms with Crippen LogP contribution in [-0.4, -0.2) is 52.2 Å². The third-order valence-electron chi connectivity index (χ3n) is 7.64. The lowest BCUT2D eigenvalue weighted by Crippen LogP contribution is -2.55. The van der Waals surface area contributed by atoms with E-state index in [-0.39, 0.29) is 22.3 Å². The van der Waals surface area contributed by atoms with E-state index in [2.05, 4.69) is 23.9 Å². The van der Waals surface area contributed by atoms with E-state index >= 15 is 0 Å². The van der Waals surface area contributed by atoms with Crippen molar-refractivity contribution in [1.82, 2.24) is 9.88 Å². The molecule has 2 aliphatic heterocycles. The molecule has 2 aromatic rings. The molecule has 1 saturated carbocycles. The van der Waals surface area contributed by atoms with Gasteiger partial charge >= 0.3 is 6.18 Å². The Morgan fingerprint density at radius 2 is 1.76 bits per heavy atom. The first-order valence-corrected chi connectivity index (χ1v) is 12.5. The number of benzene rings is 1. The second kappa shape index (κ2) is 8.96. The average Bonchev–Trinajstić information content (AvgIpc) is 3.07. The Bertz CT molecular complexity index is 1280. The van der Waals surface area contributed by atoms with E-state index in [0.29, 0.717) is 24.3 Å². The number of anilines is 2. The van der Waals surface area contributed by atoms with E-state index in [9.17, 15) is 18.0 Å². The molecule has 5 rings (SSSR count). The van der Waals surface area contributed by atoms with Gasteiger partial charge in [0.25, 0.3) is 5.91 Å². The fourth-order valence-corrected chi connectivity index (χ4v) is 5.70. The molecule has 7 nitrogen and oxygen atoms in total. The molecule has 3 heterocycles. The van der Waals surface area contributed by atoms with Crippen LogP contribution in [0.15, 0.2) is 36.5 Å². The van der Waals surface area contributed by atoms with Gasteiger partial charge in [-0.3, -0.25) is 9.69 Å². The predicted octanol–water partition coefficient (Wildman–Crippen LogP) is 4.90. The van der Waals surface area contributed by atoms with E-state index in [4.69, 9.17) is 22.2 Å². The molecule has 194 valence electrons. The first-order chi connectivity index (χ1) is 17.5. The number of hydrogen-bond donors (Lipinski definition) is 0. The number of halogens is 3. The number of piperidine rings is 1. The van der Waals surface area contributed by atoms with Crippen molar-refractivity contribution < 1.29 is 22.7 Å². The second-order valence-electron chi connectivity index (χ2n) is 10.2. The van der Waals surface area contributed by atoms with Crippen LogP contribution in [0.3, 0.4) is 0 Å².